The first-order valence-electron chi connectivity index (χ1n) is 6.71. The second-order valence-corrected chi connectivity index (χ2v) is 5.13. The molecule has 114 valence electrons. The van der Waals surface area contributed by atoms with Crippen molar-refractivity contribution in [3.8, 4) is 0 Å². The molecule has 1 N–H and O–H groups in total. The Kier molecular flexibility index (Phi) is 6.02. The van der Waals surface area contributed by atoms with Crippen LogP contribution in [0.1, 0.15) is 31.9 Å². The van der Waals surface area contributed by atoms with Crippen LogP contribution in [-0.2, 0) is 17.3 Å². The highest BCUT2D eigenvalue weighted by Crippen LogP contribution is 2.29. The fourth-order valence-corrected chi connectivity index (χ4v) is 2.13. The summed E-state index contributed by atoms with van der Waals surface area (Å²) in [5.41, 5.74) is -0.0168. The van der Waals surface area contributed by atoms with Crippen molar-refractivity contribution in [2.45, 2.75) is 45.6 Å². The highest BCUT2D eigenvalue weighted by atomic mass is 19.4. The molecule has 0 aromatic heterocycles. The Bertz CT molecular complexity index is 399. The third-order valence-corrected chi connectivity index (χ3v) is 3.12. The van der Waals surface area contributed by atoms with Crippen LogP contribution in [0.4, 0.5) is 13.2 Å². The number of aliphatic hydroxyl groups excluding tert-OH is 1. The summed E-state index contributed by atoms with van der Waals surface area (Å²) in [6.45, 7) is 6.22. The zero-order valence-corrected chi connectivity index (χ0v) is 11.9. The standard InChI is InChI=1S/C15H21F3O2/c1-4-20-14(10(2)3)13(19)9-11-5-7-12(8-6-11)15(16,17)18/h5-8,10,13-14,19H,4,9H2,1-3H3. The number of hydrogen-bond donors (Lipinski definition) is 1. The SMILES string of the molecule is CCOC(C(C)C)C(O)Cc1ccc(C(F)(F)F)cc1. The fraction of sp³-hybridized carbons (Fsp3) is 0.600. The van der Waals surface area contributed by atoms with Gasteiger partial charge in [-0.15, -0.1) is 0 Å². The van der Waals surface area contributed by atoms with Gasteiger partial charge in [0.2, 0.25) is 0 Å². The lowest BCUT2D eigenvalue weighted by Crippen LogP contribution is -2.35. The van der Waals surface area contributed by atoms with E-state index in [1.165, 1.54) is 12.1 Å². The molecule has 2 unspecified atom stereocenters. The quantitative estimate of drug-likeness (QED) is 0.866. The van der Waals surface area contributed by atoms with E-state index in [0.29, 0.717) is 12.2 Å². The lowest BCUT2D eigenvalue weighted by molar-refractivity contribution is -0.137. The maximum absolute atomic E-state index is 12.4. The van der Waals surface area contributed by atoms with E-state index < -0.39 is 17.8 Å². The predicted octanol–water partition coefficient (Wildman–Crippen LogP) is 3.67. The van der Waals surface area contributed by atoms with Gasteiger partial charge < -0.3 is 9.84 Å². The Morgan fingerprint density at radius 3 is 2.10 bits per heavy atom. The molecule has 0 aliphatic rings. The van der Waals surface area contributed by atoms with Crippen LogP contribution in [0, 0.1) is 5.92 Å². The average molecular weight is 290 g/mol. The average Bonchev–Trinajstić information content (AvgIpc) is 2.34. The molecule has 0 aliphatic heterocycles. The Morgan fingerprint density at radius 2 is 1.70 bits per heavy atom. The van der Waals surface area contributed by atoms with Crippen molar-refractivity contribution in [2.75, 3.05) is 6.61 Å². The number of halogens is 3. The van der Waals surface area contributed by atoms with Crippen molar-refractivity contribution >= 4 is 0 Å². The first-order chi connectivity index (χ1) is 9.25. The van der Waals surface area contributed by atoms with E-state index in [0.717, 1.165) is 12.1 Å². The van der Waals surface area contributed by atoms with Gasteiger partial charge >= 0.3 is 6.18 Å². The molecule has 2 nitrogen and oxygen atoms in total. The second-order valence-electron chi connectivity index (χ2n) is 5.13. The molecule has 1 aromatic rings. The summed E-state index contributed by atoms with van der Waals surface area (Å²) in [6, 6.07) is 4.87. The van der Waals surface area contributed by atoms with Crippen molar-refractivity contribution in [3.05, 3.63) is 35.4 Å². The van der Waals surface area contributed by atoms with Crippen molar-refractivity contribution < 1.29 is 23.0 Å². The lowest BCUT2D eigenvalue weighted by Gasteiger charge is -2.26. The first-order valence-corrected chi connectivity index (χ1v) is 6.71. The minimum atomic E-state index is -4.33. The molecule has 0 saturated heterocycles. The van der Waals surface area contributed by atoms with Gasteiger partial charge in [0.25, 0.3) is 0 Å². The normalized spacial score (nSPS) is 15.4. The topological polar surface area (TPSA) is 29.5 Å². The van der Waals surface area contributed by atoms with Gasteiger partial charge in [-0.1, -0.05) is 26.0 Å². The number of hydrogen-bond acceptors (Lipinski definition) is 2. The van der Waals surface area contributed by atoms with Gasteiger partial charge in [0.15, 0.2) is 0 Å². The van der Waals surface area contributed by atoms with Crippen LogP contribution in [0.25, 0.3) is 0 Å². The molecular formula is C15H21F3O2. The number of aliphatic hydroxyl groups is 1. The number of rotatable bonds is 6. The molecule has 5 heteroatoms. The molecule has 0 heterocycles. The Morgan fingerprint density at radius 1 is 1.15 bits per heavy atom. The molecule has 0 bridgehead atoms. The molecule has 2 atom stereocenters. The minimum absolute atomic E-state index is 0.138. The number of ether oxygens (including phenoxy) is 1. The van der Waals surface area contributed by atoms with Gasteiger partial charge in [0, 0.05) is 13.0 Å². The third kappa shape index (κ3) is 4.80. The van der Waals surface area contributed by atoms with Crippen LogP contribution in [0.15, 0.2) is 24.3 Å². The summed E-state index contributed by atoms with van der Waals surface area (Å²) in [5.74, 6) is 0.138. The Balaban J connectivity index is 2.72. The summed E-state index contributed by atoms with van der Waals surface area (Å²) >= 11 is 0. The largest absolute Gasteiger partial charge is 0.416 e. The molecule has 0 spiro atoms. The molecule has 0 aliphatic carbocycles. The zero-order valence-electron chi connectivity index (χ0n) is 11.9. The molecule has 0 radical (unpaired) electrons. The van der Waals surface area contributed by atoms with Gasteiger partial charge in [0.1, 0.15) is 0 Å². The van der Waals surface area contributed by atoms with Crippen molar-refractivity contribution in [1.82, 2.24) is 0 Å². The van der Waals surface area contributed by atoms with Crippen molar-refractivity contribution in [2.24, 2.45) is 5.92 Å². The van der Waals surface area contributed by atoms with E-state index in [1.54, 1.807) is 0 Å². The molecule has 20 heavy (non-hydrogen) atoms. The Hall–Kier alpha value is -1.07. The van der Waals surface area contributed by atoms with E-state index in [2.05, 4.69) is 0 Å². The molecule has 1 rings (SSSR count). The van der Waals surface area contributed by atoms with Crippen LogP contribution in [-0.4, -0.2) is 23.9 Å². The molecule has 0 saturated carbocycles. The second kappa shape index (κ2) is 7.09. The van der Waals surface area contributed by atoms with Gasteiger partial charge in [0.05, 0.1) is 17.8 Å². The van der Waals surface area contributed by atoms with E-state index in [9.17, 15) is 18.3 Å². The van der Waals surface area contributed by atoms with Crippen LogP contribution in [0.5, 0.6) is 0 Å². The van der Waals surface area contributed by atoms with Crippen molar-refractivity contribution in [3.63, 3.8) is 0 Å². The predicted molar refractivity (Wildman–Crippen MR) is 71.4 cm³/mol. The maximum Gasteiger partial charge on any atom is 0.416 e. The van der Waals surface area contributed by atoms with E-state index >= 15 is 0 Å². The van der Waals surface area contributed by atoms with Crippen LogP contribution in [0.3, 0.4) is 0 Å². The van der Waals surface area contributed by atoms with Crippen LogP contribution in [0.2, 0.25) is 0 Å². The van der Waals surface area contributed by atoms with Crippen LogP contribution >= 0.6 is 0 Å². The minimum Gasteiger partial charge on any atom is -0.390 e. The summed E-state index contributed by atoms with van der Waals surface area (Å²) in [4.78, 5) is 0. The van der Waals surface area contributed by atoms with Crippen LogP contribution < -0.4 is 0 Å². The van der Waals surface area contributed by atoms with E-state index in [4.69, 9.17) is 4.74 Å². The summed E-state index contributed by atoms with van der Waals surface area (Å²) < 4.78 is 42.8. The lowest BCUT2D eigenvalue weighted by atomic mass is 9.96. The van der Waals surface area contributed by atoms with E-state index in [1.807, 2.05) is 20.8 Å². The molecule has 1 aromatic carbocycles. The first kappa shape index (κ1) is 17.0. The summed E-state index contributed by atoms with van der Waals surface area (Å²) in [5, 5.41) is 10.1. The van der Waals surface area contributed by atoms with Gasteiger partial charge in [-0.2, -0.15) is 13.2 Å². The molecular weight excluding hydrogens is 269 g/mol. The molecule has 0 fully saturated rings. The number of alkyl halides is 3. The van der Waals surface area contributed by atoms with E-state index in [-0.39, 0.29) is 18.4 Å². The van der Waals surface area contributed by atoms with Crippen molar-refractivity contribution in [1.29, 1.82) is 0 Å². The number of benzene rings is 1. The maximum atomic E-state index is 12.4. The summed E-state index contributed by atoms with van der Waals surface area (Å²) in [7, 11) is 0. The zero-order chi connectivity index (χ0) is 15.3. The highest BCUT2D eigenvalue weighted by molar-refractivity contribution is 5.25. The smallest absolute Gasteiger partial charge is 0.390 e. The monoisotopic (exact) mass is 290 g/mol. The highest BCUT2D eigenvalue weighted by Gasteiger charge is 2.30. The van der Waals surface area contributed by atoms with Gasteiger partial charge in [-0.05, 0) is 30.5 Å². The van der Waals surface area contributed by atoms with Gasteiger partial charge in [-0.3, -0.25) is 0 Å². The fourth-order valence-electron chi connectivity index (χ4n) is 2.13. The third-order valence-electron chi connectivity index (χ3n) is 3.12. The molecule has 0 amide bonds. The van der Waals surface area contributed by atoms with Gasteiger partial charge in [-0.25, -0.2) is 0 Å². The Labute approximate surface area is 117 Å². The summed E-state index contributed by atoms with van der Waals surface area (Å²) in [6.07, 6.45) is -5.10.